The fourth-order valence-corrected chi connectivity index (χ4v) is 2.10. The second kappa shape index (κ2) is 17.0. The standard InChI is InChI=1S/C15H33N.Na.H/c1-3-5-6-7-8-9-10-11-12-13-14-15(16)4-2;;/h15H,3-14,16H2,1-2H3;;/q;+1;-1. The van der Waals surface area contributed by atoms with Gasteiger partial charge in [0.2, 0.25) is 0 Å². The third-order valence-corrected chi connectivity index (χ3v) is 3.45. The molecule has 1 unspecified atom stereocenters. The Morgan fingerprint density at radius 2 is 1.18 bits per heavy atom. The molecule has 0 radical (unpaired) electrons. The zero-order valence-electron chi connectivity index (χ0n) is 13.6. The van der Waals surface area contributed by atoms with Crippen LogP contribution in [0.5, 0.6) is 0 Å². The third kappa shape index (κ3) is 17.0. The summed E-state index contributed by atoms with van der Waals surface area (Å²) >= 11 is 0. The Bertz CT molecular complexity index is 134. The maximum absolute atomic E-state index is 5.88. The van der Waals surface area contributed by atoms with Gasteiger partial charge in [-0.15, -0.1) is 0 Å². The van der Waals surface area contributed by atoms with Crippen LogP contribution in [-0.2, 0) is 0 Å². The molecule has 2 N–H and O–H groups in total. The van der Waals surface area contributed by atoms with Gasteiger partial charge in [0.15, 0.2) is 0 Å². The van der Waals surface area contributed by atoms with Crippen LogP contribution < -0.4 is 35.3 Å². The molecule has 0 spiro atoms. The van der Waals surface area contributed by atoms with E-state index in [-0.39, 0.29) is 31.0 Å². The van der Waals surface area contributed by atoms with E-state index in [9.17, 15) is 0 Å². The van der Waals surface area contributed by atoms with Crippen molar-refractivity contribution in [2.45, 2.75) is 96.9 Å². The van der Waals surface area contributed by atoms with Gasteiger partial charge < -0.3 is 7.16 Å². The van der Waals surface area contributed by atoms with Crippen LogP contribution in [0.15, 0.2) is 0 Å². The topological polar surface area (TPSA) is 26.0 Å². The number of rotatable bonds is 12. The van der Waals surface area contributed by atoms with Crippen molar-refractivity contribution in [2.24, 2.45) is 5.73 Å². The molecule has 0 aromatic carbocycles. The van der Waals surface area contributed by atoms with Gasteiger partial charge in [-0.3, -0.25) is 0 Å². The zero-order chi connectivity index (χ0) is 12.1. The first kappa shape index (κ1) is 20.3. The number of hydrogen-bond donors (Lipinski definition) is 1. The summed E-state index contributed by atoms with van der Waals surface area (Å²) in [5.41, 5.74) is 5.88. The third-order valence-electron chi connectivity index (χ3n) is 3.45. The summed E-state index contributed by atoms with van der Waals surface area (Å²) in [7, 11) is 0. The van der Waals surface area contributed by atoms with Crippen LogP contribution in [0.2, 0.25) is 0 Å². The van der Waals surface area contributed by atoms with E-state index in [4.69, 9.17) is 5.73 Å². The molecule has 0 aliphatic carbocycles. The Balaban J connectivity index is -0.00000112. The largest absolute Gasteiger partial charge is 1.00 e. The van der Waals surface area contributed by atoms with Gasteiger partial charge in [-0.05, 0) is 12.8 Å². The van der Waals surface area contributed by atoms with Crippen LogP contribution in [0, 0.1) is 0 Å². The number of hydrogen-bond acceptors (Lipinski definition) is 1. The Morgan fingerprint density at radius 3 is 1.59 bits per heavy atom. The molecular weight excluding hydrogens is 217 g/mol. The molecule has 100 valence electrons. The molecular formula is C15H34NNa. The molecule has 0 saturated heterocycles. The van der Waals surface area contributed by atoms with Crippen LogP contribution in [0.3, 0.4) is 0 Å². The summed E-state index contributed by atoms with van der Waals surface area (Å²) in [6, 6.07) is 0.453. The van der Waals surface area contributed by atoms with Gasteiger partial charge in [-0.2, -0.15) is 0 Å². The average molecular weight is 251 g/mol. The molecule has 0 rings (SSSR count). The molecule has 0 amide bonds. The molecule has 0 heterocycles. The second-order valence-corrected chi connectivity index (χ2v) is 5.14. The molecule has 17 heavy (non-hydrogen) atoms. The van der Waals surface area contributed by atoms with Crippen molar-refractivity contribution >= 4 is 0 Å². The van der Waals surface area contributed by atoms with E-state index in [1.807, 2.05) is 0 Å². The van der Waals surface area contributed by atoms with Gasteiger partial charge in [-0.1, -0.05) is 78.1 Å². The van der Waals surface area contributed by atoms with Gasteiger partial charge >= 0.3 is 29.6 Å². The molecule has 0 aliphatic heterocycles. The molecule has 0 aromatic heterocycles. The first-order valence-electron chi connectivity index (χ1n) is 7.56. The normalized spacial score (nSPS) is 12.2. The predicted octanol–water partition coefficient (Wildman–Crippen LogP) is 2.15. The monoisotopic (exact) mass is 251 g/mol. The van der Waals surface area contributed by atoms with Gasteiger partial charge in [0.05, 0.1) is 0 Å². The first-order valence-corrected chi connectivity index (χ1v) is 7.56. The summed E-state index contributed by atoms with van der Waals surface area (Å²) in [4.78, 5) is 0. The molecule has 0 aromatic rings. The SMILES string of the molecule is CCCCCCCCCCCCC(N)CC.[H-].[Na+]. The first-order chi connectivity index (χ1) is 7.81. The van der Waals surface area contributed by atoms with Crippen LogP contribution in [0.1, 0.15) is 92.3 Å². The van der Waals surface area contributed by atoms with Crippen molar-refractivity contribution in [1.82, 2.24) is 0 Å². The fourth-order valence-electron chi connectivity index (χ4n) is 2.10. The van der Waals surface area contributed by atoms with Crippen LogP contribution >= 0.6 is 0 Å². The summed E-state index contributed by atoms with van der Waals surface area (Å²) in [6.45, 7) is 4.46. The van der Waals surface area contributed by atoms with Crippen molar-refractivity contribution in [3.05, 3.63) is 0 Å². The summed E-state index contributed by atoms with van der Waals surface area (Å²) in [5.74, 6) is 0. The quantitative estimate of drug-likeness (QED) is 0.417. The maximum Gasteiger partial charge on any atom is 1.00 e. The summed E-state index contributed by atoms with van der Waals surface area (Å²) in [6.07, 6.45) is 16.5. The van der Waals surface area contributed by atoms with E-state index in [1.54, 1.807) is 0 Å². The Morgan fingerprint density at radius 1 is 0.765 bits per heavy atom. The van der Waals surface area contributed by atoms with E-state index in [0.29, 0.717) is 6.04 Å². The predicted molar refractivity (Wildman–Crippen MR) is 75.8 cm³/mol. The Labute approximate surface area is 133 Å². The smallest absolute Gasteiger partial charge is 1.00 e. The van der Waals surface area contributed by atoms with E-state index in [1.165, 1.54) is 70.6 Å². The number of nitrogens with two attached hydrogens (primary N) is 1. The minimum absolute atomic E-state index is 0. The molecule has 0 aliphatic rings. The van der Waals surface area contributed by atoms with E-state index in [0.717, 1.165) is 6.42 Å². The van der Waals surface area contributed by atoms with Gasteiger partial charge in [0, 0.05) is 6.04 Å². The molecule has 0 saturated carbocycles. The summed E-state index contributed by atoms with van der Waals surface area (Å²) < 4.78 is 0. The maximum atomic E-state index is 5.88. The average Bonchev–Trinajstić information content (AvgIpc) is 2.31. The molecule has 0 fully saturated rings. The fraction of sp³-hybridized carbons (Fsp3) is 1.00. The van der Waals surface area contributed by atoms with Crippen molar-refractivity contribution in [1.29, 1.82) is 0 Å². The molecule has 1 nitrogen and oxygen atoms in total. The van der Waals surface area contributed by atoms with Gasteiger partial charge in [0.1, 0.15) is 0 Å². The van der Waals surface area contributed by atoms with Gasteiger partial charge in [0.25, 0.3) is 0 Å². The second-order valence-electron chi connectivity index (χ2n) is 5.14. The molecule has 2 heteroatoms. The van der Waals surface area contributed by atoms with Crippen molar-refractivity contribution in [3.8, 4) is 0 Å². The van der Waals surface area contributed by atoms with Crippen molar-refractivity contribution in [2.75, 3.05) is 0 Å². The van der Waals surface area contributed by atoms with E-state index >= 15 is 0 Å². The Kier molecular flexibility index (Phi) is 20.2. The zero-order valence-corrected chi connectivity index (χ0v) is 14.6. The summed E-state index contributed by atoms with van der Waals surface area (Å²) in [5, 5.41) is 0. The van der Waals surface area contributed by atoms with Crippen LogP contribution in [-0.4, -0.2) is 6.04 Å². The molecule has 0 bridgehead atoms. The van der Waals surface area contributed by atoms with Crippen molar-refractivity contribution in [3.63, 3.8) is 0 Å². The van der Waals surface area contributed by atoms with E-state index < -0.39 is 0 Å². The molecule has 1 atom stereocenters. The van der Waals surface area contributed by atoms with Crippen LogP contribution in [0.25, 0.3) is 0 Å². The minimum Gasteiger partial charge on any atom is -1.00 e. The minimum atomic E-state index is 0. The van der Waals surface area contributed by atoms with Gasteiger partial charge in [-0.25, -0.2) is 0 Å². The van der Waals surface area contributed by atoms with E-state index in [2.05, 4.69) is 13.8 Å². The van der Waals surface area contributed by atoms with Crippen LogP contribution in [0.4, 0.5) is 0 Å². The van der Waals surface area contributed by atoms with Crippen molar-refractivity contribution < 1.29 is 31.0 Å². The number of unbranched alkanes of at least 4 members (excludes halogenated alkanes) is 9. The Hall–Kier alpha value is 0.960.